The number of para-hydroxylation sites is 1. The molecule has 1 N–H and O–H groups in total. The Morgan fingerprint density at radius 3 is 2.13 bits per heavy atom. The molecule has 1 amide bonds. The molecule has 0 spiro atoms. The molecule has 0 aliphatic carbocycles. The lowest BCUT2D eigenvalue weighted by Gasteiger charge is -2.24. The zero-order valence-electron chi connectivity index (χ0n) is 20.9. The van der Waals surface area contributed by atoms with Crippen LogP contribution in [0.3, 0.4) is 0 Å². The largest absolute Gasteiger partial charge is 0.497 e. The summed E-state index contributed by atoms with van der Waals surface area (Å²) < 4.78 is 33.5. The molecule has 0 bridgehead atoms. The van der Waals surface area contributed by atoms with Crippen molar-refractivity contribution < 1.29 is 17.9 Å². The second kappa shape index (κ2) is 11.5. The van der Waals surface area contributed by atoms with Crippen molar-refractivity contribution in [3.05, 3.63) is 120 Å². The van der Waals surface area contributed by atoms with E-state index in [1.54, 1.807) is 86.0 Å². The molecule has 4 aromatic carbocycles. The normalized spacial score (nSPS) is 11.1. The van der Waals surface area contributed by atoms with Crippen molar-refractivity contribution in [2.45, 2.75) is 11.4 Å². The summed E-state index contributed by atoms with van der Waals surface area (Å²) in [6.07, 6.45) is 0. The Morgan fingerprint density at radius 2 is 1.49 bits per heavy atom. The van der Waals surface area contributed by atoms with E-state index in [1.165, 1.54) is 15.6 Å². The summed E-state index contributed by atoms with van der Waals surface area (Å²) in [6.45, 7) is 0.102. The number of aromatic nitrogens is 2. The first kappa shape index (κ1) is 26.1. The Balaban J connectivity index is 1.31. The SMILES string of the molecule is COc1ccc(-c2nnc(NC(=O)c3ccc(CN(c4ccccc4)S(=O)(=O)c4ccccc4)cc3)s2)cc1. The van der Waals surface area contributed by atoms with Gasteiger partial charge in [0.05, 0.1) is 24.2 Å². The smallest absolute Gasteiger partial charge is 0.264 e. The lowest BCUT2D eigenvalue weighted by Crippen LogP contribution is -2.30. The summed E-state index contributed by atoms with van der Waals surface area (Å²) in [4.78, 5) is 13.1. The van der Waals surface area contributed by atoms with Crippen LogP contribution in [-0.2, 0) is 16.6 Å². The number of rotatable bonds is 9. The Bertz CT molecular complexity index is 1660. The van der Waals surface area contributed by atoms with Gasteiger partial charge in [0.1, 0.15) is 10.8 Å². The van der Waals surface area contributed by atoms with E-state index in [9.17, 15) is 13.2 Å². The third-order valence-electron chi connectivity index (χ3n) is 5.90. The van der Waals surface area contributed by atoms with E-state index in [4.69, 9.17) is 4.74 Å². The molecule has 0 saturated carbocycles. The average Bonchev–Trinajstić information content (AvgIpc) is 3.45. The second-order valence-electron chi connectivity index (χ2n) is 8.45. The van der Waals surface area contributed by atoms with Gasteiger partial charge in [0.25, 0.3) is 15.9 Å². The lowest BCUT2D eigenvalue weighted by atomic mass is 10.1. The van der Waals surface area contributed by atoms with E-state index < -0.39 is 10.0 Å². The fourth-order valence-electron chi connectivity index (χ4n) is 3.85. The number of ether oxygens (including phenoxy) is 1. The standard InChI is InChI=1S/C29H24N4O4S2/c1-37-25-18-16-23(17-19-25)28-31-32-29(38-28)30-27(34)22-14-12-21(13-15-22)20-33(24-8-4-2-5-9-24)39(35,36)26-10-6-3-7-11-26/h2-19H,20H2,1H3,(H,30,32,34). The molecular weight excluding hydrogens is 532 g/mol. The van der Waals surface area contributed by atoms with E-state index in [-0.39, 0.29) is 17.3 Å². The number of anilines is 2. The zero-order valence-corrected chi connectivity index (χ0v) is 22.5. The average molecular weight is 557 g/mol. The molecule has 196 valence electrons. The van der Waals surface area contributed by atoms with E-state index in [0.717, 1.165) is 16.9 Å². The fourth-order valence-corrected chi connectivity index (χ4v) is 6.07. The van der Waals surface area contributed by atoms with Crippen molar-refractivity contribution in [2.75, 3.05) is 16.7 Å². The predicted octanol–water partition coefficient (Wildman–Crippen LogP) is 5.86. The number of benzene rings is 4. The van der Waals surface area contributed by atoms with Crippen LogP contribution < -0.4 is 14.4 Å². The van der Waals surface area contributed by atoms with Gasteiger partial charge in [0.15, 0.2) is 0 Å². The molecule has 1 aromatic heterocycles. The molecule has 10 heteroatoms. The highest BCUT2D eigenvalue weighted by atomic mass is 32.2. The van der Waals surface area contributed by atoms with Gasteiger partial charge < -0.3 is 4.74 Å². The van der Waals surface area contributed by atoms with Gasteiger partial charge in [-0.2, -0.15) is 0 Å². The number of hydrogen-bond donors (Lipinski definition) is 1. The second-order valence-corrected chi connectivity index (χ2v) is 11.3. The number of nitrogens with zero attached hydrogens (tertiary/aromatic N) is 3. The first-order chi connectivity index (χ1) is 18.9. The van der Waals surface area contributed by atoms with Gasteiger partial charge in [-0.3, -0.25) is 14.4 Å². The molecule has 8 nitrogen and oxygen atoms in total. The van der Waals surface area contributed by atoms with Crippen molar-refractivity contribution in [1.82, 2.24) is 10.2 Å². The number of methoxy groups -OCH3 is 1. The molecule has 5 rings (SSSR count). The van der Waals surface area contributed by atoms with Gasteiger partial charge in [-0.25, -0.2) is 8.42 Å². The van der Waals surface area contributed by atoms with Crippen LogP contribution in [0.4, 0.5) is 10.8 Å². The molecule has 0 radical (unpaired) electrons. The number of hydrogen-bond acceptors (Lipinski definition) is 7. The van der Waals surface area contributed by atoms with Crippen molar-refractivity contribution in [1.29, 1.82) is 0 Å². The van der Waals surface area contributed by atoms with Crippen LogP contribution in [0.15, 0.2) is 114 Å². The van der Waals surface area contributed by atoms with Crippen molar-refractivity contribution in [3.8, 4) is 16.3 Å². The van der Waals surface area contributed by atoms with E-state index in [1.807, 2.05) is 30.3 Å². The molecule has 1 heterocycles. The minimum atomic E-state index is -3.81. The van der Waals surface area contributed by atoms with Crippen LogP contribution in [0.25, 0.3) is 10.6 Å². The molecule has 0 fully saturated rings. The predicted molar refractivity (Wildman–Crippen MR) is 153 cm³/mol. The monoisotopic (exact) mass is 556 g/mol. The third kappa shape index (κ3) is 5.97. The van der Waals surface area contributed by atoms with Gasteiger partial charge in [0.2, 0.25) is 5.13 Å². The quantitative estimate of drug-likeness (QED) is 0.244. The fraction of sp³-hybridized carbons (Fsp3) is 0.0690. The summed E-state index contributed by atoms with van der Waals surface area (Å²) in [6, 6.07) is 31.5. The highest BCUT2D eigenvalue weighted by Gasteiger charge is 2.25. The topological polar surface area (TPSA) is 101 Å². The maximum atomic E-state index is 13.5. The molecule has 0 unspecified atom stereocenters. The van der Waals surface area contributed by atoms with Crippen LogP contribution in [0.5, 0.6) is 5.75 Å². The summed E-state index contributed by atoms with van der Waals surface area (Å²) in [7, 11) is -2.21. The van der Waals surface area contributed by atoms with E-state index >= 15 is 0 Å². The summed E-state index contributed by atoms with van der Waals surface area (Å²) >= 11 is 1.26. The molecule has 39 heavy (non-hydrogen) atoms. The maximum absolute atomic E-state index is 13.5. The van der Waals surface area contributed by atoms with Crippen LogP contribution in [0.2, 0.25) is 0 Å². The van der Waals surface area contributed by atoms with E-state index in [2.05, 4.69) is 15.5 Å². The number of sulfonamides is 1. The highest BCUT2D eigenvalue weighted by molar-refractivity contribution is 7.92. The third-order valence-corrected chi connectivity index (χ3v) is 8.58. The van der Waals surface area contributed by atoms with Crippen molar-refractivity contribution in [3.63, 3.8) is 0 Å². The number of carbonyl (C=O) groups excluding carboxylic acids is 1. The van der Waals surface area contributed by atoms with Crippen LogP contribution in [-0.4, -0.2) is 31.6 Å². The molecule has 0 aliphatic heterocycles. The summed E-state index contributed by atoms with van der Waals surface area (Å²) in [5, 5.41) is 12.1. The highest BCUT2D eigenvalue weighted by Crippen LogP contribution is 2.29. The van der Waals surface area contributed by atoms with Gasteiger partial charge in [-0.15, -0.1) is 10.2 Å². The molecule has 0 aliphatic rings. The first-order valence-corrected chi connectivity index (χ1v) is 14.2. The maximum Gasteiger partial charge on any atom is 0.264 e. The van der Waals surface area contributed by atoms with Gasteiger partial charge >= 0.3 is 0 Å². The van der Waals surface area contributed by atoms with Crippen molar-refractivity contribution in [2.24, 2.45) is 0 Å². The minimum Gasteiger partial charge on any atom is -0.497 e. The van der Waals surface area contributed by atoms with Crippen LogP contribution in [0.1, 0.15) is 15.9 Å². The molecular formula is C29H24N4O4S2. The number of nitrogens with one attached hydrogen (secondary N) is 1. The number of carbonyl (C=O) groups is 1. The summed E-state index contributed by atoms with van der Waals surface area (Å²) in [5.74, 6) is 0.403. The van der Waals surface area contributed by atoms with Gasteiger partial charge in [-0.05, 0) is 66.2 Å². The Labute approximate surface area is 230 Å². The molecule has 5 aromatic rings. The number of amides is 1. The first-order valence-electron chi connectivity index (χ1n) is 11.9. The Hall–Kier alpha value is -4.54. The molecule has 0 atom stereocenters. The Kier molecular flexibility index (Phi) is 7.67. The molecule has 0 saturated heterocycles. The minimum absolute atomic E-state index is 0.102. The van der Waals surface area contributed by atoms with Crippen LogP contribution >= 0.6 is 11.3 Å². The van der Waals surface area contributed by atoms with Gasteiger partial charge in [0, 0.05) is 11.1 Å². The Morgan fingerprint density at radius 1 is 0.846 bits per heavy atom. The van der Waals surface area contributed by atoms with Crippen LogP contribution in [0, 0.1) is 0 Å². The van der Waals surface area contributed by atoms with Gasteiger partial charge in [-0.1, -0.05) is 59.9 Å². The van der Waals surface area contributed by atoms with E-state index in [0.29, 0.717) is 21.4 Å². The van der Waals surface area contributed by atoms with Crippen molar-refractivity contribution >= 4 is 38.1 Å². The zero-order chi connectivity index (χ0) is 27.2. The lowest BCUT2D eigenvalue weighted by molar-refractivity contribution is 0.102. The summed E-state index contributed by atoms with van der Waals surface area (Å²) in [5.41, 5.74) is 2.56.